The summed E-state index contributed by atoms with van der Waals surface area (Å²) in [4.78, 5) is 4.74. The highest BCUT2D eigenvalue weighted by Gasteiger charge is 2.16. The lowest BCUT2D eigenvalue weighted by atomic mass is 10.1. The third-order valence-electron chi connectivity index (χ3n) is 4.51. The standard InChI is InChI=1S/C20H32N2O3/c1-3-12-25-17-20(23)16-22(9-8-21-10-13-24-14-11-21)15-19-7-5-4-6-18(19)2/h3-7,20,23H,1,8-17H2,2H3/t20-/m1/s1. The van der Waals surface area contributed by atoms with Gasteiger partial charge in [-0.05, 0) is 18.1 Å². The third kappa shape index (κ3) is 7.67. The van der Waals surface area contributed by atoms with E-state index in [1.165, 1.54) is 11.1 Å². The van der Waals surface area contributed by atoms with Crippen LogP contribution in [0.15, 0.2) is 36.9 Å². The van der Waals surface area contributed by atoms with Gasteiger partial charge in [-0.25, -0.2) is 0 Å². The molecule has 0 saturated carbocycles. The quantitative estimate of drug-likeness (QED) is 0.487. The predicted octanol–water partition coefficient (Wildman–Crippen LogP) is 1.69. The molecule has 2 rings (SSSR count). The van der Waals surface area contributed by atoms with Crippen molar-refractivity contribution in [3.63, 3.8) is 0 Å². The highest BCUT2D eigenvalue weighted by molar-refractivity contribution is 5.25. The molecule has 1 aliphatic rings. The van der Waals surface area contributed by atoms with Crippen molar-refractivity contribution in [1.29, 1.82) is 0 Å². The van der Waals surface area contributed by atoms with Gasteiger partial charge < -0.3 is 14.6 Å². The van der Waals surface area contributed by atoms with Crippen LogP contribution in [0.3, 0.4) is 0 Å². The minimum atomic E-state index is -0.492. The first-order chi connectivity index (χ1) is 12.2. The summed E-state index contributed by atoms with van der Waals surface area (Å²) in [5.41, 5.74) is 2.60. The van der Waals surface area contributed by atoms with Gasteiger partial charge in [0.15, 0.2) is 0 Å². The fourth-order valence-electron chi connectivity index (χ4n) is 3.01. The van der Waals surface area contributed by atoms with E-state index < -0.39 is 6.10 Å². The normalized spacial score (nSPS) is 16.9. The zero-order chi connectivity index (χ0) is 17.9. The van der Waals surface area contributed by atoms with Crippen LogP contribution in [0.4, 0.5) is 0 Å². The van der Waals surface area contributed by atoms with E-state index in [1.54, 1.807) is 6.08 Å². The topological polar surface area (TPSA) is 45.2 Å². The van der Waals surface area contributed by atoms with Crippen molar-refractivity contribution in [2.75, 3.05) is 59.2 Å². The van der Waals surface area contributed by atoms with Gasteiger partial charge in [-0.1, -0.05) is 30.3 Å². The molecule has 0 bridgehead atoms. The second-order valence-electron chi connectivity index (χ2n) is 6.60. The minimum Gasteiger partial charge on any atom is -0.389 e. The van der Waals surface area contributed by atoms with Gasteiger partial charge in [0.1, 0.15) is 0 Å². The Kier molecular flexibility index (Phi) is 9.15. The first-order valence-corrected chi connectivity index (χ1v) is 9.12. The second-order valence-corrected chi connectivity index (χ2v) is 6.60. The van der Waals surface area contributed by atoms with Crippen LogP contribution < -0.4 is 0 Å². The van der Waals surface area contributed by atoms with Crippen LogP contribution in [0.1, 0.15) is 11.1 Å². The molecule has 1 aromatic rings. The number of aliphatic hydroxyl groups excluding tert-OH is 1. The number of rotatable bonds is 11. The number of morpholine rings is 1. The summed E-state index contributed by atoms with van der Waals surface area (Å²) in [6.45, 7) is 13.6. The summed E-state index contributed by atoms with van der Waals surface area (Å²) in [7, 11) is 0. The molecule has 1 aliphatic heterocycles. The van der Waals surface area contributed by atoms with Crippen LogP contribution in [-0.4, -0.2) is 80.2 Å². The van der Waals surface area contributed by atoms with Gasteiger partial charge in [0.2, 0.25) is 0 Å². The molecule has 5 nitrogen and oxygen atoms in total. The maximum absolute atomic E-state index is 10.3. The van der Waals surface area contributed by atoms with Crippen LogP contribution in [0.5, 0.6) is 0 Å². The number of ether oxygens (including phenoxy) is 2. The molecule has 140 valence electrons. The molecule has 25 heavy (non-hydrogen) atoms. The second kappa shape index (κ2) is 11.4. The van der Waals surface area contributed by atoms with Crippen LogP contribution in [-0.2, 0) is 16.0 Å². The lowest BCUT2D eigenvalue weighted by Crippen LogP contribution is -2.43. The first kappa shape index (κ1) is 20.1. The predicted molar refractivity (Wildman–Crippen MR) is 101 cm³/mol. The van der Waals surface area contributed by atoms with Crippen LogP contribution in [0, 0.1) is 6.92 Å². The lowest BCUT2D eigenvalue weighted by molar-refractivity contribution is 0.0128. The third-order valence-corrected chi connectivity index (χ3v) is 4.51. The molecule has 0 aromatic heterocycles. The smallest absolute Gasteiger partial charge is 0.0900 e. The molecular weight excluding hydrogens is 316 g/mol. The molecule has 1 heterocycles. The number of nitrogens with zero attached hydrogens (tertiary/aromatic N) is 2. The molecule has 5 heteroatoms. The van der Waals surface area contributed by atoms with Gasteiger partial charge in [-0.2, -0.15) is 0 Å². The fourth-order valence-corrected chi connectivity index (χ4v) is 3.01. The van der Waals surface area contributed by atoms with E-state index in [9.17, 15) is 5.11 Å². The number of hydrogen-bond acceptors (Lipinski definition) is 5. The van der Waals surface area contributed by atoms with Crippen molar-refractivity contribution in [2.24, 2.45) is 0 Å². The molecule has 1 saturated heterocycles. The molecule has 0 unspecified atom stereocenters. The van der Waals surface area contributed by atoms with Crippen molar-refractivity contribution in [2.45, 2.75) is 19.6 Å². The van der Waals surface area contributed by atoms with Crippen molar-refractivity contribution < 1.29 is 14.6 Å². The molecule has 0 amide bonds. The molecular formula is C20H32N2O3. The zero-order valence-corrected chi connectivity index (χ0v) is 15.4. The highest BCUT2D eigenvalue weighted by Crippen LogP contribution is 2.11. The van der Waals surface area contributed by atoms with E-state index in [-0.39, 0.29) is 0 Å². The van der Waals surface area contributed by atoms with Crippen molar-refractivity contribution in [1.82, 2.24) is 9.80 Å². The summed E-state index contributed by atoms with van der Waals surface area (Å²) in [5, 5.41) is 10.3. The Bertz CT molecular complexity index is 503. The summed E-state index contributed by atoms with van der Waals surface area (Å²) in [5.74, 6) is 0. The minimum absolute atomic E-state index is 0.341. The van der Waals surface area contributed by atoms with Crippen LogP contribution in [0.25, 0.3) is 0 Å². The van der Waals surface area contributed by atoms with Gasteiger partial charge >= 0.3 is 0 Å². The Morgan fingerprint density at radius 3 is 2.84 bits per heavy atom. The van der Waals surface area contributed by atoms with Gasteiger partial charge in [0, 0.05) is 39.3 Å². The largest absolute Gasteiger partial charge is 0.389 e. The molecule has 1 fully saturated rings. The number of benzene rings is 1. The Labute approximate surface area is 151 Å². The van der Waals surface area contributed by atoms with E-state index >= 15 is 0 Å². The monoisotopic (exact) mass is 348 g/mol. The van der Waals surface area contributed by atoms with Crippen LogP contribution >= 0.6 is 0 Å². The highest BCUT2D eigenvalue weighted by atomic mass is 16.5. The number of aryl methyl sites for hydroxylation is 1. The average Bonchev–Trinajstić information content (AvgIpc) is 2.62. The molecule has 1 atom stereocenters. The van der Waals surface area contributed by atoms with E-state index in [1.807, 2.05) is 0 Å². The van der Waals surface area contributed by atoms with Gasteiger partial charge in [-0.15, -0.1) is 6.58 Å². The van der Waals surface area contributed by atoms with E-state index in [2.05, 4.69) is 47.6 Å². The molecule has 1 aromatic carbocycles. The van der Waals surface area contributed by atoms with Gasteiger partial charge in [0.25, 0.3) is 0 Å². The zero-order valence-electron chi connectivity index (χ0n) is 15.4. The van der Waals surface area contributed by atoms with Crippen molar-refractivity contribution >= 4 is 0 Å². The fraction of sp³-hybridized carbons (Fsp3) is 0.600. The summed E-state index contributed by atoms with van der Waals surface area (Å²) in [6.07, 6.45) is 1.21. The maximum atomic E-state index is 10.3. The summed E-state index contributed by atoms with van der Waals surface area (Å²) in [6, 6.07) is 8.44. The summed E-state index contributed by atoms with van der Waals surface area (Å²) < 4.78 is 10.8. The summed E-state index contributed by atoms with van der Waals surface area (Å²) >= 11 is 0. The molecule has 0 aliphatic carbocycles. The average molecular weight is 348 g/mol. The maximum Gasteiger partial charge on any atom is 0.0900 e. The Balaban J connectivity index is 1.89. The number of aliphatic hydroxyl groups is 1. The van der Waals surface area contributed by atoms with E-state index in [4.69, 9.17) is 9.47 Å². The lowest BCUT2D eigenvalue weighted by Gasteiger charge is -2.31. The number of hydrogen-bond donors (Lipinski definition) is 1. The molecule has 0 radical (unpaired) electrons. The molecule has 0 spiro atoms. The Hall–Kier alpha value is -1.24. The SMILES string of the molecule is C=CCOC[C@H](O)CN(CCN1CCOCC1)Cc1ccccc1C. The molecule has 1 N–H and O–H groups in total. The van der Waals surface area contributed by atoms with E-state index in [0.29, 0.717) is 19.8 Å². The Morgan fingerprint density at radius 2 is 2.12 bits per heavy atom. The Morgan fingerprint density at radius 1 is 1.36 bits per heavy atom. The van der Waals surface area contributed by atoms with Gasteiger partial charge in [-0.3, -0.25) is 9.80 Å². The van der Waals surface area contributed by atoms with Crippen LogP contribution in [0.2, 0.25) is 0 Å². The van der Waals surface area contributed by atoms with E-state index in [0.717, 1.165) is 45.9 Å². The first-order valence-electron chi connectivity index (χ1n) is 9.12. The van der Waals surface area contributed by atoms with Crippen molar-refractivity contribution in [3.8, 4) is 0 Å². The van der Waals surface area contributed by atoms with Gasteiger partial charge in [0.05, 0.1) is 32.5 Å². The van der Waals surface area contributed by atoms with Crippen molar-refractivity contribution in [3.05, 3.63) is 48.0 Å².